The molecule has 116 valence electrons. The van der Waals surface area contributed by atoms with Gasteiger partial charge in [0, 0.05) is 5.69 Å². The second-order valence-corrected chi connectivity index (χ2v) is 7.26. The second kappa shape index (κ2) is 5.34. The molecule has 1 amide bonds. The number of hydrogen-bond donors (Lipinski definition) is 2. The molecule has 0 saturated heterocycles. The van der Waals surface area contributed by atoms with Crippen molar-refractivity contribution in [3.05, 3.63) is 24.3 Å². The highest BCUT2D eigenvalue weighted by Gasteiger charge is 2.44. The molecule has 21 heavy (non-hydrogen) atoms. The zero-order valence-corrected chi connectivity index (χ0v) is 12.2. The van der Waals surface area contributed by atoms with E-state index < -0.39 is 26.0 Å². The molecule has 1 atom stereocenters. The third-order valence-electron chi connectivity index (χ3n) is 3.59. The topological polar surface area (TPSA) is 89.3 Å². The van der Waals surface area contributed by atoms with Gasteiger partial charge in [0.2, 0.25) is 15.7 Å². The van der Waals surface area contributed by atoms with Gasteiger partial charge in [-0.2, -0.15) is 8.78 Å². The number of sulfone groups is 1. The van der Waals surface area contributed by atoms with Gasteiger partial charge < -0.3 is 11.1 Å². The van der Waals surface area contributed by atoms with Crippen molar-refractivity contribution in [2.24, 2.45) is 11.7 Å². The van der Waals surface area contributed by atoms with Gasteiger partial charge in [-0.25, -0.2) is 8.42 Å². The van der Waals surface area contributed by atoms with Crippen LogP contribution in [0.15, 0.2) is 29.2 Å². The van der Waals surface area contributed by atoms with Gasteiger partial charge in [0.25, 0.3) is 0 Å². The highest BCUT2D eigenvalue weighted by molar-refractivity contribution is 7.91. The minimum absolute atomic E-state index is 0.135. The average Bonchev–Trinajstić information content (AvgIpc) is 3.23. The fourth-order valence-corrected chi connectivity index (χ4v) is 2.69. The standard InChI is InChI=1S/C13H16F2N2O3S/c1-13(16,8-2-3-8)11(18)17-9-4-6-10(7-5-9)21(19,20)12(14)15/h4-8,12H,2-3,16H2,1H3,(H,17,18). The zero-order chi connectivity index (χ0) is 15.8. The van der Waals surface area contributed by atoms with Crippen LogP contribution in [0.25, 0.3) is 0 Å². The fraction of sp³-hybridized carbons (Fsp3) is 0.462. The van der Waals surface area contributed by atoms with E-state index >= 15 is 0 Å². The van der Waals surface area contributed by atoms with Crippen molar-refractivity contribution in [1.29, 1.82) is 0 Å². The second-order valence-electron chi connectivity index (χ2n) is 5.34. The van der Waals surface area contributed by atoms with Crippen LogP contribution >= 0.6 is 0 Å². The van der Waals surface area contributed by atoms with Crippen LogP contribution in [0.2, 0.25) is 0 Å². The Morgan fingerprint density at radius 2 is 1.86 bits per heavy atom. The van der Waals surface area contributed by atoms with Gasteiger partial charge in [0.05, 0.1) is 10.4 Å². The molecule has 0 spiro atoms. The Morgan fingerprint density at radius 1 is 1.33 bits per heavy atom. The number of anilines is 1. The summed E-state index contributed by atoms with van der Waals surface area (Å²) < 4.78 is 47.3. The normalized spacial score (nSPS) is 18.3. The molecular weight excluding hydrogens is 302 g/mol. The maximum atomic E-state index is 12.4. The Kier molecular flexibility index (Phi) is 4.03. The predicted molar refractivity (Wildman–Crippen MR) is 73.6 cm³/mol. The molecule has 1 fully saturated rings. The SMILES string of the molecule is CC(N)(C(=O)Nc1ccc(S(=O)(=O)C(F)F)cc1)C1CC1. The highest BCUT2D eigenvalue weighted by atomic mass is 32.2. The molecule has 8 heteroatoms. The van der Waals surface area contributed by atoms with Gasteiger partial charge in [-0.15, -0.1) is 0 Å². The van der Waals surface area contributed by atoms with Crippen LogP contribution < -0.4 is 11.1 Å². The summed E-state index contributed by atoms with van der Waals surface area (Å²) in [6.45, 7) is 1.63. The summed E-state index contributed by atoms with van der Waals surface area (Å²) in [6, 6.07) is 4.58. The quantitative estimate of drug-likeness (QED) is 0.865. The predicted octanol–water partition coefficient (Wildman–Crippen LogP) is 1.75. The molecule has 2 rings (SSSR count). The van der Waals surface area contributed by atoms with Gasteiger partial charge in [0.1, 0.15) is 0 Å². The summed E-state index contributed by atoms with van der Waals surface area (Å²) in [5, 5.41) is 2.57. The first-order valence-corrected chi connectivity index (χ1v) is 7.93. The van der Waals surface area contributed by atoms with Crippen LogP contribution in [0.4, 0.5) is 14.5 Å². The van der Waals surface area contributed by atoms with Crippen molar-refractivity contribution in [3.63, 3.8) is 0 Å². The van der Waals surface area contributed by atoms with E-state index in [2.05, 4.69) is 5.32 Å². The van der Waals surface area contributed by atoms with E-state index in [0.717, 1.165) is 25.0 Å². The fourth-order valence-electron chi connectivity index (χ4n) is 1.96. The molecule has 1 aromatic rings. The van der Waals surface area contributed by atoms with Gasteiger partial charge in [-0.05, 0) is 49.9 Å². The van der Waals surface area contributed by atoms with E-state index in [1.165, 1.54) is 12.1 Å². The summed E-state index contributed by atoms with van der Waals surface area (Å²) in [5.74, 6) is -3.72. The summed E-state index contributed by atoms with van der Waals surface area (Å²) in [7, 11) is -4.62. The van der Waals surface area contributed by atoms with Crippen molar-refractivity contribution < 1.29 is 22.0 Å². The summed E-state index contributed by atoms with van der Waals surface area (Å²) in [6.07, 6.45) is 1.79. The molecule has 0 radical (unpaired) electrons. The van der Waals surface area contributed by atoms with Crippen molar-refractivity contribution >= 4 is 21.4 Å². The molecule has 0 aromatic heterocycles. The third-order valence-corrected chi connectivity index (χ3v) is 4.99. The molecule has 1 aromatic carbocycles. The molecular formula is C13H16F2N2O3S. The first kappa shape index (κ1) is 15.8. The number of hydrogen-bond acceptors (Lipinski definition) is 4. The molecule has 1 aliphatic rings. The summed E-state index contributed by atoms with van der Waals surface area (Å²) >= 11 is 0. The van der Waals surface area contributed by atoms with E-state index in [1.807, 2.05) is 0 Å². The molecule has 1 aliphatic carbocycles. The number of carbonyl (C=O) groups excluding carboxylic acids is 1. The van der Waals surface area contributed by atoms with Gasteiger partial charge >= 0.3 is 5.76 Å². The zero-order valence-electron chi connectivity index (χ0n) is 11.3. The lowest BCUT2D eigenvalue weighted by Gasteiger charge is -2.23. The maximum Gasteiger partial charge on any atom is 0.341 e. The lowest BCUT2D eigenvalue weighted by Crippen LogP contribution is -2.50. The van der Waals surface area contributed by atoms with E-state index in [9.17, 15) is 22.0 Å². The highest BCUT2D eigenvalue weighted by Crippen LogP contribution is 2.38. The smallest absolute Gasteiger partial charge is 0.324 e. The van der Waals surface area contributed by atoms with E-state index in [4.69, 9.17) is 5.73 Å². The number of carbonyl (C=O) groups is 1. The van der Waals surface area contributed by atoms with Crippen molar-refractivity contribution in [2.45, 2.75) is 36.0 Å². The number of nitrogens with two attached hydrogens (primary N) is 1. The molecule has 0 bridgehead atoms. The van der Waals surface area contributed by atoms with Gasteiger partial charge in [-0.1, -0.05) is 0 Å². The lowest BCUT2D eigenvalue weighted by molar-refractivity contribution is -0.121. The monoisotopic (exact) mass is 318 g/mol. The minimum Gasteiger partial charge on any atom is -0.324 e. The number of rotatable bonds is 5. The molecule has 0 aliphatic heterocycles. The number of nitrogens with one attached hydrogen (secondary N) is 1. The number of alkyl halides is 2. The van der Waals surface area contributed by atoms with E-state index in [1.54, 1.807) is 6.92 Å². The van der Waals surface area contributed by atoms with Crippen molar-refractivity contribution in [1.82, 2.24) is 0 Å². The number of amides is 1. The molecule has 3 N–H and O–H groups in total. The Morgan fingerprint density at radius 3 is 2.29 bits per heavy atom. The minimum atomic E-state index is -4.62. The van der Waals surface area contributed by atoms with Crippen LogP contribution in [0.3, 0.4) is 0 Å². The van der Waals surface area contributed by atoms with E-state index in [-0.39, 0.29) is 11.8 Å². The van der Waals surface area contributed by atoms with Gasteiger partial charge in [0.15, 0.2) is 0 Å². The molecule has 0 heterocycles. The molecule has 1 unspecified atom stereocenters. The van der Waals surface area contributed by atoms with Crippen LogP contribution in [0, 0.1) is 5.92 Å². The van der Waals surface area contributed by atoms with Crippen LogP contribution in [0.5, 0.6) is 0 Å². The Hall–Kier alpha value is -1.54. The summed E-state index contributed by atoms with van der Waals surface area (Å²) in [5.41, 5.74) is 5.26. The largest absolute Gasteiger partial charge is 0.341 e. The summed E-state index contributed by atoms with van der Waals surface area (Å²) in [4.78, 5) is 11.5. The van der Waals surface area contributed by atoms with Crippen molar-refractivity contribution in [2.75, 3.05) is 5.32 Å². The van der Waals surface area contributed by atoms with Crippen LogP contribution in [-0.2, 0) is 14.6 Å². The van der Waals surface area contributed by atoms with Gasteiger partial charge in [-0.3, -0.25) is 4.79 Å². The molecule has 5 nitrogen and oxygen atoms in total. The first-order valence-electron chi connectivity index (χ1n) is 6.38. The Labute approximate surface area is 121 Å². The molecule has 1 saturated carbocycles. The third kappa shape index (κ3) is 3.21. The van der Waals surface area contributed by atoms with Crippen LogP contribution in [-0.4, -0.2) is 25.6 Å². The first-order chi connectivity index (χ1) is 9.65. The Balaban J connectivity index is 2.11. The average molecular weight is 318 g/mol. The maximum absolute atomic E-state index is 12.4. The van der Waals surface area contributed by atoms with E-state index in [0.29, 0.717) is 5.69 Å². The number of halogens is 2. The Bertz CT molecular complexity index is 638. The van der Waals surface area contributed by atoms with Crippen molar-refractivity contribution in [3.8, 4) is 0 Å². The lowest BCUT2D eigenvalue weighted by atomic mass is 9.96. The number of benzene rings is 1. The van der Waals surface area contributed by atoms with Crippen LogP contribution in [0.1, 0.15) is 19.8 Å².